The van der Waals surface area contributed by atoms with Gasteiger partial charge in [-0.2, -0.15) is 0 Å². The van der Waals surface area contributed by atoms with Crippen molar-refractivity contribution in [2.75, 3.05) is 13.7 Å². The minimum atomic E-state index is -0.732. The zero-order chi connectivity index (χ0) is 17.1. The van der Waals surface area contributed by atoms with Gasteiger partial charge in [-0.15, -0.1) is 0 Å². The quantitative estimate of drug-likeness (QED) is 0.690. The molecule has 1 aromatic heterocycles. The Kier molecular flexibility index (Phi) is 4.29. The molecule has 0 aliphatic carbocycles. The summed E-state index contributed by atoms with van der Waals surface area (Å²) in [5.41, 5.74) is 0.953. The highest BCUT2D eigenvalue weighted by Gasteiger charge is 2.19. The maximum Gasteiger partial charge on any atom is 0.362 e. The van der Waals surface area contributed by atoms with Crippen molar-refractivity contribution >= 4 is 17.0 Å². The first-order valence-corrected chi connectivity index (χ1v) is 7.49. The van der Waals surface area contributed by atoms with E-state index in [0.717, 1.165) is 0 Å². The molecule has 0 aliphatic rings. The minimum absolute atomic E-state index is 0.173. The second kappa shape index (κ2) is 6.54. The molecule has 0 radical (unpaired) electrons. The lowest BCUT2D eigenvalue weighted by atomic mass is 10.2. The minimum Gasteiger partial charge on any atom is -0.497 e. The lowest BCUT2D eigenvalue weighted by Gasteiger charge is -2.12. The number of carbonyl (C=O) groups excluding carboxylic acids is 1. The monoisotopic (exact) mass is 324 g/mol. The van der Waals surface area contributed by atoms with Crippen molar-refractivity contribution in [3.8, 4) is 11.4 Å². The van der Waals surface area contributed by atoms with Gasteiger partial charge in [0.1, 0.15) is 5.75 Å². The summed E-state index contributed by atoms with van der Waals surface area (Å²) in [4.78, 5) is 29.1. The van der Waals surface area contributed by atoms with E-state index in [2.05, 4.69) is 4.98 Å². The molecule has 0 unspecified atom stereocenters. The maximum absolute atomic E-state index is 12.9. The molecule has 0 saturated heterocycles. The Morgan fingerprint density at radius 3 is 2.71 bits per heavy atom. The van der Waals surface area contributed by atoms with E-state index in [0.29, 0.717) is 22.5 Å². The third-order valence-electron chi connectivity index (χ3n) is 3.54. The van der Waals surface area contributed by atoms with E-state index in [-0.39, 0.29) is 12.3 Å². The maximum atomic E-state index is 12.9. The largest absolute Gasteiger partial charge is 0.497 e. The summed E-state index contributed by atoms with van der Waals surface area (Å²) in [6.45, 7) is 1.85. The van der Waals surface area contributed by atoms with Crippen LogP contribution in [0.3, 0.4) is 0 Å². The molecule has 3 rings (SSSR count). The molecule has 2 aromatic carbocycles. The molecule has 24 heavy (non-hydrogen) atoms. The van der Waals surface area contributed by atoms with Gasteiger partial charge in [0.25, 0.3) is 5.56 Å². The molecular formula is C18H16N2O4. The van der Waals surface area contributed by atoms with Crippen molar-refractivity contribution in [3.63, 3.8) is 0 Å². The molecule has 1 heterocycles. The van der Waals surface area contributed by atoms with Crippen molar-refractivity contribution in [1.82, 2.24) is 9.55 Å². The number of para-hydroxylation sites is 2. The summed E-state index contributed by atoms with van der Waals surface area (Å²) in [6, 6.07) is 14.2. The lowest BCUT2D eigenvalue weighted by Crippen LogP contribution is -2.28. The predicted octanol–water partition coefficient (Wildman–Crippen LogP) is 2.57. The Bertz CT molecular complexity index is 963. The number of methoxy groups -OCH3 is 1. The van der Waals surface area contributed by atoms with Crippen LogP contribution in [0.5, 0.6) is 5.75 Å². The van der Waals surface area contributed by atoms with Crippen molar-refractivity contribution < 1.29 is 14.3 Å². The SMILES string of the molecule is CCOC(=O)c1nc2ccccc2n(-c2cccc(OC)c2)c1=O. The van der Waals surface area contributed by atoms with Gasteiger partial charge in [-0.3, -0.25) is 9.36 Å². The van der Waals surface area contributed by atoms with E-state index in [1.54, 1.807) is 56.5 Å². The fourth-order valence-electron chi connectivity index (χ4n) is 2.47. The molecule has 0 amide bonds. The topological polar surface area (TPSA) is 70.4 Å². The summed E-state index contributed by atoms with van der Waals surface area (Å²) in [5, 5.41) is 0. The smallest absolute Gasteiger partial charge is 0.362 e. The fourth-order valence-corrected chi connectivity index (χ4v) is 2.47. The van der Waals surface area contributed by atoms with Crippen LogP contribution >= 0.6 is 0 Å². The van der Waals surface area contributed by atoms with Gasteiger partial charge in [-0.1, -0.05) is 18.2 Å². The normalized spacial score (nSPS) is 10.6. The van der Waals surface area contributed by atoms with Gasteiger partial charge < -0.3 is 9.47 Å². The van der Waals surface area contributed by atoms with Crippen LogP contribution < -0.4 is 10.3 Å². The Balaban J connectivity index is 2.34. The third kappa shape index (κ3) is 2.74. The number of benzene rings is 2. The van der Waals surface area contributed by atoms with Gasteiger partial charge in [0, 0.05) is 6.07 Å². The summed E-state index contributed by atoms with van der Waals surface area (Å²) in [5.74, 6) is -0.122. The Labute approximate surface area is 138 Å². The first-order valence-electron chi connectivity index (χ1n) is 7.49. The Hall–Kier alpha value is -3.15. The van der Waals surface area contributed by atoms with E-state index in [4.69, 9.17) is 9.47 Å². The standard InChI is InChI=1S/C18H16N2O4/c1-3-24-18(22)16-17(21)20(12-7-6-8-13(11-12)23-2)15-10-5-4-9-14(15)19-16/h4-11H,3H2,1-2H3. The van der Waals surface area contributed by atoms with Crippen molar-refractivity contribution in [1.29, 1.82) is 0 Å². The third-order valence-corrected chi connectivity index (χ3v) is 3.54. The predicted molar refractivity (Wildman–Crippen MR) is 89.8 cm³/mol. The number of hydrogen-bond acceptors (Lipinski definition) is 5. The van der Waals surface area contributed by atoms with Crippen LogP contribution in [0.25, 0.3) is 16.7 Å². The molecule has 0 spiro atoms. The average Bonchev–Trinajstić information content (AvgIpc) is 2.61. The van der Waals surface area contributed by atoms with Gasteiger partial charge in [0.2, 0.25) is 5.69 Å². The molecule has 0 saturated carbocycles. The molecule has 6 heteroatoms. The van der Waals surface area contributed by atoms with Crippen LogP contribution in [-0.4, -0.2) is 29.2 Å². The van der Waals surface area contributed by atoms with Crippen LogP contribution in [0.15, 0.2) is 53.3 Å². The van der Waals surface area contributed by atoms with E-state index < -0.39 is 11.5 Å². The number of ether oxygens (including phenoxy) is 2. The van der Waals surface area contributed by atoms with Crippen LogP contribution in [0.4, 0.5) is 0 Å². The van der Waals surface area contributed by atoms with Crippen molar-refractivity contribution in [2.45, 2.75) is 6.92 Å². The summed E-state index contributed by atoms with van der Waals surface area (Å²) in [7, 11) is 1.55. The molecule has 0 atom stereocenters. The van der Waals surface area contributed by atoms with Crippen LogP contribution in [-0.2, 0) is 4.74 Å². The van der Waals surface area contributed by atoms with Gasteiger partial charge >= 0.3 is 5.97 Å². The van der Waals surface area contributed by atoms with Crippen molar-refractivity contribution in [3.05, 3.63) is 64.6 Å². The van der Waals surface area contributed by atoms with E-state index >= 15 is 0 Å². The number of esters is 1. The number of fused-ring (bicyclic) bond motifs is 1. The number of nitrogens with zero attached hydrogens (tertiary/aromatic N) is 2. The van der Waals surface area contributed by atoms with Crippen molar-refractivity contribution in [2.24, 2.45) is 0 Å². The van der Waals surface area contributed by atoms with Gasteiger partial charge in [0.05, 0.1) is 30.4 Å². The number of carbonyl (C=O) groups is 1. The highest BCUT2D eigenvalue weighted by atomic mass is 16.5. The van der Waals surface area contributed by atoms with Gasteiger partial charge in [-0.05, 0) is 31.2 Å². The van der Waals surface area contributed by atoms with E-state index in [1.165, 1.54) is 4.57 Å². The van der Waals surface area contributed by atoms with Gasteiger partial charge in [-0.25, -0.2) is 9.78 Å². The zero-order valence-electron chi connectivity index (χ0n) is 13.4. The van der Waals surface area contributed by atoms with Crippen LogP contribution in [0.2, 0.25) is 0 Å². The molecule has 3 aromatic rings. The Morgan fingerprint density at radius 1 is 1.17 bits per heavy atom. The van der Waals surface area contributed by atoms with Crippen LogP contribution in [0.1, 0.15) is 17.4 Å². The highest BCUT2D eigenvalue weighted by Crippen LogP contribution is 2.19. The number of rotatable bonds is 4. The Morgan fingerprint density at radius 2 is 1.96 bits per heavy atom. The zero-order valence-corrected chi connectivity index (χ0v) is 13.4. The molecule has 0 aliphatic heterocycles. The molecule has 0 N–H and O–H groups in total. The van der Waals surface area contributed by atoms with E-state index in [9.17, 15) is 9.59 Å². The molecule has 0 fully saturated rings. The summed E-state index contributed by atoms with van der Waals surface area (Å²) in [6.07, 6.45) is 0. The first-order chi connectivity index (χ1) is 11.7. The second-order valence-corrected chi connectivity index (χ2v) is 5.01. The summed E-state index contributed by atoms with van der Waals surface area (Å²) < 4.78 is 11.6. The van der Waals surface area contributed by atoms with E-state index in [1.807, 2.05) is 6.07 Å². The lowest BCUT2D eigenvalue weighted by molar-refractivity contribution is 0.0517. The van der Waals surface area contributed by atoms with Gasteiger partial charge in [0.15, 0.2) is 0 Å². The average molecular weight is 324 g/mol. The second-order valence-electron chi connectivity index (χ2n) is 5.01. The summed E-state index contributed by atoms with van der Waals surface area (Å²) >= 11 is 0. The molecule has 122 valence electrons. The number of aromatic nitrogens is 2. The highest BCUT2D eigenvalue weighted by molar-refractivity contribution is 5.90. The molecule has 6 nitrogen and oxygen atoms in total. The molecule has 0 bridgehead atoms. The number of hydrogen-bond donors (Lipinski definition) is 0. The fraction of sp³-hybridized carbons (Fsp3) is 0.167. The first kappa shape index (κ1) is 15.7. The molecular weight excluding hydrogens is 308 g/mol. The van der Waals surface area contributed by atoms with Crippen LogP contribution in [0, 0.1) is 0 Å².